The third-order valence-electron chi connectivity index (χ3n) is 2.62. The monoisotopic (exact) mass is 232 g/mol. The number of methoxy groups -OCH3 is 2. The van der Waals surface area contributed by atoms with Crippen LogP contribution in [0.1, 0.15) is 26.7 Å². The van der Waals surface area contributed by atoms with Crippen molar-refractivity contribution in [3.8, 4) is 0 Å². The lowest BCUT2D eigenvalue weighted by Crippen LogP contribution is -2.38. The summed E-state index contributed by atoms with van der Waals surface area (Å²) in [5.41, 5.74) is 0. The Hall–Kier alpha value is -0.160. The molecule has 4 nitrogen and oxygen atoms in total. The van der Waals surface area contributed by atoms with E-state index in [0.717, 1.165) is 39.1 Å². The van der Waals surface area contributed by atoms with Gasteiger partial charge < -0.3 is 20.1 Å². The van der Waals surface area contributed by atoms with Crippen LogP contribution in [-0.2, 0) is 9.47 Å². The van der Waals surface area contributed by atoms with Gasteiger partial charge in [-0.05, 0) is 33.2 Å². The van der Waals surface area contributed by atoms with Gasteiger partial charge in [0.25, 0.3) is 0 Å². The Morgan fingerprint density at radius 3 is 2.50 bits per heavy atom. The van der Waals surface area contributed by atoms with E-state index < -0.39 is 0 Å². The highest BCUT2D eigenvalue weighted by Gasteiger charge is 2.01. The highest BCUT2D eigenvalue weighted by molar-refractivity contribution is 4.64. The van der Waals surface area contributed by atoms with Crippen LogP contribution >= 0.6 is 0 Å². The average molecular weight is 232 g/mol. The van der Waals surface area contributed by atoms with Crippen molar-refractivity contribution in [2.45, 2.75) is 38.8 Å². The molecule has 0 saturated carbocycles. The summed E-state index contributed by atoms with van der Waals surface area (Å²) >= 11 is 0. The molecule has 0 saturated heterocycles. The van der Waals surface area contributed by atoms with Gasteiger partial charge in [-0.2, -0.15) is 0 Å². The number of hydrogen-bond donors (Lipinski definition) is 2. The molecule has 0 fully saturated rings. The normalized spacial score (nSPS) is 15.0. The standard InChI is InChI=1S/C12H28N2O2/c1-11(10-13-8-9-15-3)14-7-5-6-12(2)16-4/h11-14H,5-10H2,1-4H3. The molecular formula is C12H28N2O2. The fourth-order valence-electron chi connectivity index (χ4n) is 1.42. The van der Waals surface area contributed by atoms with Crippen LogP contribution in [0.5, 0.6) is 0 Å². The molecular weight excluding hydrogens is 204 g/mol. The Morgan fingerprint density at radius 1 is 1.12 bits per heavy atom. The Labute approximate surface area is 100 Å². The topological polar surface area (TPSA) is 42.5 Å². The number of ether oxygens (including phenoxy) is 2. The molecule has 0 aromatic carbocycles. The van der Waals surface area contributed by atoms with Crippen molar-refractivity contribution >= 4 is 0 Å². The van der Waals surface area contributed by atoms with Crippen LogP contribution in [-0.4, -0.2) is 52.6 Å². The first kappa shape index (κ1) is 15.8. The van der Waals surface area contributed by atoms with E-state index in [9.17, 15) is 0 Å². The van der Waals surface area contributed by atoms with E-state index >= 15 is 0 Å². The molecule has 2 N–H and O–H groups in total. The van der Waals surface area contributed by atoms with Gasteiger partial charge in [-0.3, -0.25) is 0 Å². The van der Waals surface area contributed by atoms with Crippen LogP contribution < -0.4 is 10.6 Å². The van der Waals surface area contributed by atoms with Gasteiger partial charge in [0.05, 0.1) is 12.7 Å². The molecule has 0 aromatic rings. The van der Waals surface area contributed by atoms with E-state index in [0.29, 0.717) is 12.1 Å². The van der Waals surface area contributed by atoms with Crippen molar-refractivity contribution in [3.05, 3.63) is 0 Å². The summed E-state index contributed by atoms with van der Waals surface area (Å²) in [6, 6.07) is 0.509. The van der Waals surface area contributed by atoms with Gasteiger partial charge >= 0.3 is 0 Å². The largest absolute Gasteiger partial charge is 0.383 e. The minimum atomic E-state index is 0.372. The molecule has 0 amide bonds. The molecule has 2 atom stereocenters. The molecule has 2 unspecified atom stereocenters. The summed E-state index contributed by atoms with van der Waals surface area (Å²) < 4.78 is 10.2. The van der Waals surface area contributed by atoms with Crippen LogP contribution in [0, 0.1) is 0 Å². The lowest BCUT2D eigenvalue weighted by atomic mass is 10.2. The summed E-state index contributed by atoms with van der Waals surface area (Å²) in [6.07, 6.45) is 2.65. The maximum Gasteiger partial charge on any atom is 0.0587 e. The van der Waals surface area contributed by atoms with E-state index in [4.69, 9.17) is 9.47 Å². The summed E-state index contributed by atoms with van der Waals surface area (Å²) in [6.45, 7) is 8.04. The number of hydrogen-bond acceptors (Lipinski definition) is 4. The van der Waals surface area contributed by atoms with Crippen molar-refractivity contribution in [2.75, 3.05) is 40.5 Å². The van der Waals surface area contributed by atoms with Crippen LogP contribution in [0.2, 0.25) is 0 Å². The van der Waals surface area contributed by atoms with Gasteiger partial charge in [0.2, 0.25) is 0 Å². The minimum Gasteiger partial charge on any atom is -0.383 e. The highest BCUT2D eigenvalue weighted by atomic mass is 16.5. The molecule has 0 radical (unpaired) electrons. The zero-order valence-electron chi connectivity index (χ0n) is 11.2. The quantitative estimate of drug-likeness (QED) is 0.522. The number of rotatable bonds is 11. The maximum absolute atomic E-state index is 5.19. The van der Waals surface area contributed by atoms with E-state index in [1.165, 1.54) is 0 Å². The summed E-state index contributed by atoms with van der Waals surface area (Å²) in [5.74, 6) is 0. The Balaban J connectivity index is 3.20. The van der Waals surface area contributed by atoms with Gasteiger partial charge in [-0.25, -0.2) is 0 Å². The smallest absolute Gasteiger partial charge is 0.0587 e. The third kappa shape index (κ3) is 10.4. The van der Waals surface area contributed by atoms with Crippen molar-refractivity contribution in [2.24, 2.45) is 0 Å². The van der Waals surface area contributed by atoms with Crippen molar-refractivity contribution < 1.29 is 9.47 Å². The van der Waals surface area contributed by atoms with Gasteiger partial charge in [0.15, 0.2) is 0 Å². The van der Waals surface area contributed by atoms with Gasteiger partial charge in [-0.1, -0.05) is 0 Å². The summed E-state index contributed by atoms with van der Waals surface area (Å²) in [7, 11) is 3.49. The Morgan fingerprint density at radius 2 is 1.88 bits per heavy atom. The van der Waals surface area contributed by atoms with Crippen molar-refractivity contribution in [1.29, 1.82) is 0 Å². The van der Waals surface area contributed by atoms with E-state index in [1.54, 1.807) is 14.2 Å². The molecule has 0 aliphatic carbocycles. The summed E-state index contributed by atoms with van der Waals surface area (Å²) in [4.78, 5) is 0. The van der Waals surface area contributed by atoms with Gasteiger partial charge in [-0.15, -0.1) is 0 Å². The predicted molar refractivity (Wildman–Crippen MR) is 67.9 cm³/mol. The van der Waals surface area contributed by atoms with Gasteiger partial charge in [0.1, 0.15) is 0 Å². The Bertz CT molecular complexity index is 145. The second kappa shape index (κ2) is 11.3. The highest BCUT2D eigenvalue weighted by Crippen LogP contribution is 1.98. The molecule has 0 aliphatic rings. The van der Waals surface area contributed by atoms with Crippen LogP contribution in [0.4, 0.5) is 0 Å². The SMILES string of the molecule is COCCNCC(C)NCCCC(C)OC. The Kier molecular flexibility index (Phi) is 11.2. The van der Waals surface area contributed by atoms with E-state index in [-0.39, 0.29) is 0 Å². The maximum atomic E-state index is 5.19. The fraction of sp³-hybridized carbons (Fsp3) is 1.00. The molecule has 0 bridgehead atoms. The van der Waals surface area contributed by atoms with Crippen LogP contribution in [0.3, 0.4) is 0 Å². The molecule has 4 heteroatoms. The predicted octanol–water partition coefficient (Wildman–Crippen LogP) is 1.02. The molecule has 0 aromatic heterocycles. The lowest BCUT2D eigenvalue weighted by molar-refractivity contribution is 0.109. The molecule has 0 spiro atoms. The lowest BCUT2D eigenvalue weighted by Gasteiger charge is -2.15. The molecule has 0 aliphatic heterocycles. The van der Waals surface area contributed by atoms with E-state index in [1.807, 2.05) is 0 Å². The number of nitrogens with one attached hydrogen (secondary N) is 2. The minimum absolute atomic E-state index is 0.372. The second-order valence-corrected chi connectivity index (χ2v) is 4.24. The van der Waals surface area contributed by atoms with Gasteiger partial charge in [0, 0.05) is 33.4 Å². The van der Waals surface area contributed by atoms with Crippen LogP contribution in [0.25, 0.3) is 0 Å². The molecule has 0 heterocycles. The zero-order valence-corrected chi connectivity index (χ0v) is 11.2. The second-order valence-electron chi connectivity index (χ2n) is 4.24. The summed E-state index contributed by atoms with van der Waals surface area (Å²) in [5, 5.41) is 6.81. The van der Waals surface area contributed by atoms with E-state index in [2.05, 4.69) is 24.5 Å². The fourth-order valence-corrected chi connectivity index (χ4v) is 1.42. The third-order valence-corrected chi connectivity index (χ3v) is 2.62. The molecule has 98 valence electrons. The molecule has 16 heavy (non-hydrogen) atoms. The first-order valence-corrected chi connectivity index (χ1v) is 6.16. The average Bonchev–Trinajstić information content (AvgIpc) is 2.30. The van der Waals surface area contributed by atoms with Crippen molar-refractivity contribution in [3.63, 3.8) is 0 Å². The molecule has 0 rings (SSSR count). The van der Waals surface area contributed by atoms with Crippen LogP contribution in [0.15, 0.2) is 0 Å². The first-order valence-electron chi connectivity index (χ1n) is 6.16. The zero-order chi connectivity index (χ0) is 12.2. The first-order chi connectivity index (χ1) is 7.70. The van der Waals surface area contributed by atoms with Crippen molar-refractivity contribution in [1.82, 2.24) is 10.6 Å².